The Labute approximate surface area is 121 Å². The first kappa shape index (κ1) is 15.3. The van der Waals surface area contributed by atoms with E-state index in [0.717, 1.165) is 0 Å². The maximum absolute atomic E-state index is 12.0. The molecule has 8 nitrogen and oxygen atoms in total. The second-order valence-electron chi connectivity index (χ2n) is 4.56. The maximum atomic E-state index is 12.0. The molecule has 0 radical (unpaired) electrons. The van der Waals surface area contributed by atoms with Crippen LogP contribution in [0.4, 0.5) is 5.69 Å². The van der Waals surface area contributed by atoms with Crippen molar-refractivity contribution in [2.45, 2.75) is 23.8 Å². The first-order chi connectivity index (χ1) is 9.81. The lowest BCUT2D eigenvalue weighted by Gasteiger charge is -2.14. The van der Waals surface area contributed by atoms with E-state index < -0.39 is 22.0 Å². The predicted octanol–water partition coefficient (Wildman–Crippen LogP) is -0.440. The van der Waals surface area contributed by atoms with Gasteiger partial charge in [-0.05, 0) is 24.6 Å². The van der Waals surface area contributed by atoms with Crippen LogP contribution in [-0.4, -0.2) is 33.4 Å². The molecule has 1 aliphatic heterocycles. The lowest BCUT2D eigenvalue weighted by atomic mass is 10.2. The smallest absolute Gasteiger partial charge is 0.247 e. The van der Waals surface area contributed by atoms with Gasteiger partial charge in [-0.15, -0.1) is 0 Å². The fourth-order valence-corrected chi connectivity index (χ4v) is 2.53. The molecule has 1 atom stereocenters. The normalized spacial score (nSPS) is 18.2. The Balaban J connectivity index is 2.25. The van der Waals surface area contributed by atoms with E-state index in [2.05, 4.69) is 10.6 Å². The average molecular weight is 313 g/mol. The number of nitrogens with one attached hydrogen (secondary N) is 2. The van der Waals surface area contributed by atoms with E-state index in [1.54, 1.807) is 0 Å². The fraction of sp³-hybridized carbons (Fsp3) is 0.333. The molecular formula is C12H15N3O5S. The molecular weight excluding hydrogens is 298 g/mol. The Bertz CT molecular complexity index is 686. The molecule has 114 valence electrons. The Hall–Kier alpha value is -2.13. The molecule has 0 aromatic heterocycles. The van der Waals surface area contributed by atoms with Gasteiger partial charge in [0.2, 0.25) is 21.8 Å². The maximum Gasteiger partial charge on any atom is 0.247 e. The number of methoxy groups -OCH3 is 1. The lowest BCUT2D eigenvalue weighted by Crippen LogP contribution is -2.37. The average Bonchev–Trinajstić information content (AvgIpc) is 2.84. The molecule has 1 heterocycles. The van der Waals surface area contributed by atoms with Crippen LogP contribution in [0.2, 0.25) is 0 Å². The number of rotatable bonds is 4. The number of primary sulfonamides is 1. The Morgan fingerprint density at radius 3 is 2.71 bits per heavy atom. The molecule has 1 saturated heterocycles. The van der Waals surface area contributed by atoms with Crippen LogP contribution in [-0.2, 0) is 19.6 Å². The first-order valence-electron chi connectivity index (χ1n) is 6.12. The highest BCUT2D eigenvalue weighted by Gasteiger charge is 2.27. The van der Waals surface area contributed by atoms with Gasteiger partial charge in [0.05, 0.1) is 17.7 Å². The van der Waals surface area contributed by atoms with E-state index in [4.69, 9.17) is 9.88 Å². The van der Waals surface area contributed by atoms with E-state index >= 15 is 0 Å². The highest BCUT2D eigenvalue weighted by molar-refractivity contribution is 7.89. The summed E-state index contributed by atoms with van der Waals surface area (Å²) in [6.07, 6.45) is 0.675. The standard InChI is InChI=1S/C12H15N3O5S/c1-20-10-4-2-7(21(13,18)19)6-9(10)15-12(17)8-3-5-11(16)14-8/h2,4,6,8H,3,5H2,1H3,(H,14,16)(H,15,17)(H2,13,18,19)/t8-/m0/s1. The van der Waals surface area contributed by atoms with Gasteiger partial charge in [0.1, 0.15) is 11.8 Å². The number of hydrogen-bond donors (Lipinski definition) is 3. The first-order valence-corrected chi connectivity index (χ1v) is 7.67. The Kier molecular flexibility index (Phi) is 4.14. The molecule has 4 N–H and O–H groups in total. The van der Waals surface area contributed by atoms with Gasteiger partial charge in [0.25, 0.3) is 0 Å². The van der Waals surface area contributed by atoms with Crippen molar-refractivity contribution in [3.8, 4) is 5.75 Å². The molecule has 1 aromatic carbocycles. The number of sulfonamides is 1. The van der Waals surface area contributed by atoms with Crippen molar-refractivity contribution in [1.82, 2.24) is 5.32 Å². The Morgan fingerprint density at radius 1 is 1.48 bits per heavy atom. The number of nitrogens with two attached hydrogens (primary N) is 1. The van der Waals surface area contributed by atoms with Gasteiger partial charge in [-0.1, -0.05) is 0 Å². The van der Waals surface area contributed by atoms with Crippen LogP contribution in [0.15, 0.2) is 23.1 Å². The minimum Gasteiger partial charge on any atom is -0.495 e. The third-order valence-electron chi connectivity index (χ3n) is 3.07. The van der Waals surface area contributed by atoms with Crippen molar-refractivity contribution >= 4 is 27.5 Å². The van der Waals surface area contributed by atoms with E-state index in [1.807, 2.05) is 0 Å². The molecule has 1 aromatic rings. The minimum absolute atomic E-state index is 0.144. The monoisotopic (exact) mass is 313 g/mol. The number of carbonyl (C=O) groups is 2. The summed E-state index contributed by atoms with van der Waals surface area (Å²) < 4.78 is 27.7. The summed E-state index contributed by atoms with van der Waals surface area (Å²) in [6, 6.07) is 3.24. The van der Waals surface area contributed by atoms with Gasteiger partial charge < -0.3 is 15.4 Å². The van der Waals surface area contributed by atoms with Crippen LogP contribution in [0, 0.1) is 0 Å². The van der Waals surface area contributed by atoms with Crippen LogP contribution in [0.3, 0.4) is 0 Å². The Morgan fingerprint density at radius 2 is 2.19 bits per heavy atom. The van der Waals surface area contributed by atoms with Gasteiger partial charge in [0.15, 0.2) is 0 Å². The summed E-state index contributed by atoms with van der Waals surface area (Å²) in [5, 5.41) is 10.1. The number of carbonyl (C=O) groups excluding carboxylic acids is 2. The molecule has 0 aliphatic carbocycles. The summed E-state index contributed by atoms with van der Waals surface area (Å²) in [5.41, 5.74) is 0.176. The number of benzene rings is 1. The highest BCUT2D eigenvalue weighted by atomic mass is 32.2. The molecule has 1 fully saturated rings. The number of amides is 2. The topological polar surface area (TPSA) is 128 Å². The second kappa shape index (κ2) is 5.70. The zero-order valence-corrected chi connectivity index (χ0v) is 12.1. The van der Waals surface area contributed by atoms with Gasteiger partial charge in [-0.2, -0.15) is 0 Å². The molecule has 0 spiro atoms. The third kappa shape index (κ3) is 3.50. The van der Waals surface area contributed by atoms with Crippen molar-refractivity contribution in [2.24, 2.45) is 5.14 Å². The fourth-order valence-electron chi connectivity index (χ4n) is 1.99. The molecule has 0 bridgehead atoms. The van der Waals surface area contributed by atoms with Crippen molar-refractivity contribution in [3.05, 3.63) is 18.2 Å². The van der Waals surface area contributed by atoms with Crippen LogP contribution >= 0.6 is 0 Å². The van der Waals surface area contributed by atoms with Crippen LogP contribution < -0.4 is 20.5 Å². The molecule has 2 rings (SSSR count). The number of hydrogen-bond acceptors (Lipinski definition) is 5. The molecule has 2 amide bonds. The van der Waals surface area contributed by atoms with Crippen LogP contribution in [0.1, 0.15) is 12.8 Å². The largest absolute Gasteiger partial charge is 0.495 e. The van der Waals surface area contributed by atoms with Gasteiger partial charge in [0, 0.05) is 6.42 Å². The molecule has 0 saturated carbocycles. The summed E-state index contributed by atoms with van der Waals surface area (Å²) in [7, 11) is -2.50. The zero-order valence-electron chi connectivity index (χ0n) is 11.3. The van der Waals surface area contributed by atoms with E-state index in [0.29, 0.717) is 12.2 Å². The summed E-state index contributed by atoms with van der Waals surface area (Å²) in [5.74, 6) is -0.341. The molecule has 1 aliphatic rings. The summed E-state index contributed by atoms with van der Waals surface area (Å²) in [4.78, 5) is 23.0. The van der Waals surface area contributed by atoms with Crippen molar-refractivity contribution < 1.29 is 22.7 Å². The predicted molar refractivity (Wildman–Crippen MR) is 74.2 cm³/mol. The van der Waals surface area contributed by atoms with Gasteiger partial charge in [-0.25, -0.2) is 13.6 Å². The number of anilines is 1. The molecule has 0 unspecified atom stereocenters. The molecule has 21 heavy (non-hydrogen) atoms. The SMILES string of the molecule is COc1ccc(S(N)(=O)=O)cc1NC(=O)[C@@H]1CCC(=O)N1. The van der Waals surface area contributed by atoms with Crippen LogP contribution in [0.5, 0.6) is 5.75 Å². The summed E-state index contributed by atoms with van der Waals surface area (Å²) >= 11 is 0. The second-order valence-corrected chi connectivity index (χ2v) is 6.12. The quantitative estimate of drug-likeness (QED) is 0.694. The minimum atomic E-state index is -3.89. The van der Waals surface area contributed by atoms with Crippen molar-refractivity contribution in [3.63, 3.8) is 0 Å². The third-order valence-corrected chi connectivity index (χ3v) is 3.98. The highest BCUT2D eigenvalue weighted by Crippen LogP contribution is 2.27. The van der Waals surface area contributed by atoms with Crippen molar-refractivity contribution in [1.29, 1.82) is 0 Å². The van der Waals surface area contributed by atoms with E-state index in [-0.39, 0.29) is 22.9 Å². The van der Waals surface area contributed by atoms with E-state index in [1.165, 1.54) is 25.3 Å². The van der Waals surface area contributed by atoms with Gasteiger partial charge in [-0.3, -0.25) is 9.59 Å². The van der Waals surface area contributed by atoms with E-state index in [9.17, 15) is 18.0 Å². The van der Waals surface area contributed by atoms with Crippen molar-refractivity contribution in [2.75, 3.05) is 12.4 Å². The van der Waals surface area contributed by atoms with Crippen LogP contribution in [0.25, 0.3) is 0 Å². The number of ether oxygens (including phenoxy) is 1. The summed E-state index contributed by atoms with van der Waals surface area (Å²) in [6.45, 7) is 0. The van der Waals surface area contributed by atoms with Gasteiger partial charge >= 0.3 is 0 Å². The molecule has 9 heteroatoms. The zero-order chi connectivity index (χ0) is 15.6. The lowest BCUT2D eigenvalue weighted by molar-refractivity contribution is -0.122.